The first kappa shape index (κ1) is 22.5. The van der Waals surface area contributed by atoms with Crippen LogP contribution in [0.4, 0.5) is 11.4 Å². The van der Waals surface area contributed by atoms with Crippen LogP contribution in [0.3, 0.4) is 0 Å². The summed E-state index contributed by atoms with van der Waals surface area (Å²) < 4.78 is 27.8. The number of hydrogen-bond acceptors (Lipinski definition) is 4. The average molecular weight is 494 g/mol. The molecule has 0 bridgehead atoms. The lowest BCUT2D eigenvalue weighted by Gasteiger charge is -2.30. The number of anilines is 2. The van der Waals surface area contributed by atoms with Crippen molar-refractivity contribution in [3.05, 3.63) is 58.6 Å². The number of benzene rings is 2. The van der Waals surface area contributed by atoms with E-state index in [9.17, 15) is 18.0 Å². The molecule has 30 heavy (non-hydrogen) atoms. The number of carbonyl (C=O) groups is 2. The Kier molecular flexibility index (Phi) is 7.27. The van der Waals surface area contributed by atoms with Crippen molar-refractivity contribution in [3.63, 3.8) is 0 Å². The van der Waals surface area contributed by atoms with Gasteiger partial charge in [-0.1, -0.05) is 28.1 Å². The highest BCUT2D eigenvalue weighted by atomic mass is 79.9. The third kappa shape index (κ3) is 6.13. The van der Waals surface area contributed by atoms with E-state index in [2.05, 4.69) is 26.6 Å². The zero-order valence-corrected chi connectivity index (χ0v) is 19.0. The van der Waals surface area contributed by atoms with Crippen molar-refractivity contribution in [1.82, 2.24) is 4.31 Å². The highest BCUT2D eigenvalue weighted by molar-refractivity contribution is 9.10. The molecule has 2 aromatic carbocycles. The Morgan fingerprint density at radius 1 is 1.03 bits per heavy atom. The summed E-state index contributed by atoms with van der Waals surface area (Å²) in [6, 6.07) is 14.1. The van der Waals surface area contributed by atoms with Crippen LogP contribution >= 0.6 is 15.9 Å². The van der Waals surface area contributed by atoms with Gasteiger partial charge < -0.3 is 10.6 Å². The van der Waals surface area contributed by atoms with Gasteiger partial charge in [-0.2, -0.15) is 0 Å². The van der Waals surface area contributed by atoms with E-state index >= 15 is 0 Å². The monoisotopic (exact) mass is 493 g/mol. The first-order chi connectivity index (χ1) is 14.2. The highest BCUT2D eigenvalue weighted by Crippen LogP contribution is 2.24. The van der Waals surface area contributed by atoms with Crippen LogP contribution in [-0.2, 0) is 25.4 Å². The Morgan fingerprint density at radius 2 is 1.63 bits per heavy atom. The van der Waals surface area contributed by atoms with E-state index in [1.807, 2.05) is 12.1 Å². The number of sulfonamides is 1. The zero-order valence-electron chi connectivity index (χ0n) is 16.6. The molecule has 1 heterocycles. The van der Waals surface area contributed by atoms with Crippen LogP contribution in [0.5, 0.6) is 0 Å². The number of amides is 2. The van der Waals surface area contributed by atoms with Gasteiger partial charge in [0.1, 0.15) is 0 Å². The van der Waals surface area contributed by atoms with Crippen molar-refractivity contribution >= 4 is 49.1 Å². The Hall–Kier alpha value is -2.23. The first-order valence-electron chi connectivity index (χ1n) is 9.64. The zero-order chi connectivity index (χ0) is 21.7. The second-order valence-corrected chi connectivity index (χ2v) is 10.2. The minimum Gasteiger partial charge on any atom is -0.326 e. The van der Waals surface area contributed by atoms with E-state index in [-0.39, 0.29) is 23.5 Å². The second kappa shape index (κ2) is 9.72. The van der Waals surface area contributed by atoms with Gasteiger partial charge in [0, 0.05) is 41.8 Å². The minimum absolute atomic E-state index is 0.0516. The van der Waals surface area contributed by atoms with E-state index in [0.717, 1.165) is 10.0 Å². The van der Waals surface area contributed by atoms with Crippen LogP contribution in [-0.4, -0.2) is 37.6 Å². The summed E-state index contributed by atoms with van der Waals surface area (Å²) >= 11 is 3.36. The molecule has 0 radical (unpaired) electrons. The number of nitrogens with zero attached hydrogens (tertiary/aromatic N) is 1. The van der Waals surface area contributed by atoms with E-state index in [1.165, 1.54) is 11.2 Å². The smallest absolute Gasteiger partial charge is 0.227 e. The summed E-state index contributed by atoms with van der Waals surface area (Å²) in [4.78, 5) is 23.6. The van der Waals surface area contributed by atoms with Crippen molar-refractivity contribution in [2.75, 3.05) is 23.7 Å². The predicted octanol–water partition coefficient (Wildman–Crippen LogP) is 3.59. The molecule has 1 aliphatic rings. The molecule has 160 valence electrons. The fraction of sp³-hybridized carbons (Fsp3) is 0.333. The molecule has 0 aliphatic carbocycles. The molecular weight excluding hydrogens is 470 g/mol. The Labute approximate surface area is 185 Å². The maximum atomic E-state index is 12.7. The molecule has 1 fully saturated rings. The largest absolute Gasteiger partial charge is 0.326 e. The number of nitrogens with one attached hydrogen (secondary N) is 2. The van der Waals surface area contributed by atoms with Crippen LogP contribution in [0.2, 0.25) is 0 Å². The summed E-state index contributed by atoms with van der Waals surface area (Å²) in [6.45, 7) is 2.09. The Bertz CT molecular complexity index is 1020. The summed E-state index contributed by atoms with van der Waals surface area (Å²) in [6.07, 6.45) is 0.959. The molecule has 7 nitrogen and oxygen atoms in total. The molecule has 1 aliphatic heterocycles. The molecule has 2 N–H and O–H groups in total. The molecule has 0 aromatic heterocycles. The number of rotatable bonds is 6. The molecule has 1 saturated heterocycles. The van der Waals surface area contributed by atoms with Gasteiger partial charge >= 0.3 is 0 Å². The summed E-state index contributed by atoms with van der Waals surface area (Å²) in [5, 5.41) is 5.54. The first-order valence-corrected chi connectivity index (χ1v) is 12.0. The van der Waals surface area contributed by atoms with Crippen LogP contribution in [0.25, 0.3) is 0 Å². The molecule has 2 amide bonds. The van der Waals surface area contributed by atoms with Gasteiger partial charge in [-0.25, -0.2) is 12.7 Å². The van der Waals surface area contributed by atoms with Crippen molar-refractivity contribution in [3.8, 4) is 0 Å². The Balaban J connectivity index is 1.53. The van der Waals surface area contributed by atoms with Crippen molar-refractivity contribution in [2.45, 2.75) is 25.5 Å². The number of halogens is 1. The van der Waals surface area contributed by atoms with Gasteiger partial charge in [0.25, 0.3) is 0 Å². The summed E-state index contributed by atoms with van der Waals surface area (Å²) in [5.41, 5.74) is 2.02. The van der Waals surface area contributed by atoms with Crippen LogP contribution in [0.15, 0.2) is 53.0 Å². The second-order valence-electron chi connectivity index (χ2n) is 7.31. The van der Waals surface area contributed by atoms with Gasteiger partial charge in [-0.3, -0.25) is 9.59 Å². The third-order valence-corrected chi connectivity index (χ3v) is 7.27. The SMILES string of the molecule is CC(=O)Nc1ccc(NC(=O)C2CCN(S(=O)(=O)Cc3cccc(Br)c3)CC2)cc1. The highest BCUT2D eigenvalue weighted by Gasteiger charge is 2.31. The third-order valence-electron chi connectivity index (χ3n) is 4.93. The van der Waals surface area contributed by atoms with Crippen molar-refractivity contribution in [2.24, 2.45) is 5.92 Å². The maximum absolute atomic E-state index is 12.7. The van der Waals surface area contributed by atoms with Gasteiger partial charge in [0.15, 0.2) is 0 Å². The lowest BCUT2D eigenvalue weighted by atomic mass is 9.97. The van der Waals surface area contributed by atoms with Gasteiger partial charge in [0.2, 0.25) is 21.8 Å². The molecule has 3 rings (SSSR count). The topological polar surface area (TPSA) is 95.6 Å². The normalized spacial score (nSPS) is 15.5. The standard InChI is InChI=1S/C21H24BrN3O4S/c1-15(26)23-19-5-7-20(8-6-19)24-21(27)17-9-11-25(12-10-17)30(28,29)14-16-3-2-4-18(22)13-16/h2-8,13,17H,9-12,14H2,1H3,(H,23,26)(H,24,27). The molecular formula is C21H24BrN3O4S. The summed E-state index contributed by atoms with van der Waals surface area (Å²) in [5.74, 6) is -0.568. The molecule has 0 atom stereocenters. The molecule has 0 saturated carbocycles. The summed E-state index contributed by atoms with van der Waals surface area (Å²) in [7, 11) is -3.43. The maximum Gasteiger partial charge on any atom is 0.227 e. The van der Waals surface area contributed by atoms with Crippen molar-refractivity contribution < 1.29 is 18.0 Å². The lowest BCUT2D eigenvalue weighted by molar-refractivity contribution is -0.121. The fourth-order valence-electron chi connectivity index (χ4n) is 3.41. The number of carbonyl (C=O) groups excluding carboxylic acids is 2. The number of hydrogen-bond donors (Lipinski definition) is 2. The van der Waals surface area contributed by atoms with Crippen LogP contribution < -0.4 is 10.6 Å². The molecule has 9 heteroatoms. The van der Waals surface area contributed by atoms with Gasteiger partial charge in [0.05, 0.1) is 5.75 Å². The van der Waals surface area contributed by atoms with Crippen molar-refractivity contribution in [1.29, 1.82) is 0 Å². The lowest BCUT2D eigenvalue weighted by Crippen LogP contribution is -2.41. The minimum atomic E-state index is -3.43. The van der Waals surface area contributed by atoms with E-state index in [1.54, 1.807) is 36.4 Å². The predicted molar refractivity (Wildman–Crippen MR) is 120 cm³/mol. The number of piperidine rings is 1. The van der Waals surface area contributed by atoms with Gasteiger partial charge in [-0.05, 0) is 54.8 Å². The molecule has 2 aromatic rings. The van der Waals surface area contributed by atoms with E-state index < -0.39 is 10.0 Å². The van der Waals surface area contributed by atoms with Crippen LogP contribution in [0.1, 0.15) is 25.3 Å². The average Bonchev–Trinajstić information content (AvgIpc) is 2.69. The molecule has 0 unspecified atom stereocenters. The van der Waals surface area contributed by atoms with E-state index in [4.69, 9.17) is 0 Å². The van der Waals surface area contributed by atoms with Gasteiger partial charge in [-0.15, -0.1) is 0 Å². The molecule has 0 spiro atoms. The van der Waals surface area contributed by atoms with E-state index in [0.29, 0.717) is 37.3 Å². The fourth-order valence-corrected chi connectivity index (χ4v) is 5.41. The quantitative estimate of drug-likeness (QED) is 0.642. The Morgan fingerprint density at radius 3 is 2.20 bits per heavy atom. The van der Waals surface area contributed by atoms with Crippen LogP contribution in [0, 0.1) is 5.92 Å².